The number of ether oxygens (including phenoxy) is 1. The van der Waals surface area contributed by atoms with Gasteiger partial charge in [-0.25, -0.2) is 0 Å². The van der Waals surface area contributed by atoms with Gasteiger partial charge in [-0.1, -0.05) is 17.7 Å². The minimum absolute atomic E-state index is 0.0174. The van der Waals surface area contributed by atoms with E-state index in [0.29, 0.717) is 23.4 Å². The molecule has 1 amide bonds. The number of benzene rings is 2. The molecule has 128 valence electrons. The van der Waals surface area contributed by atoms with E-state index in [-0.39, 0.29) is 11.6 Å². The van der Waals surface area contributed by atoms with Crippen LogP contribution in [0.15, 0.2) is 48.5 Å². The van der Waals surface area contributed by atoms with Gasteiger partial charge in [-0.15, -0.1) is 11.3 Å². The summed E-state index contributed by atoms with van der Waals surface area (Å²) >= 11 is 1.31. The van der Waals surface area contributed by atoms with Gasteiger partial charge >= 0.3 is 0 Å². The lowest BCUT2D eigenvalue weighted by Crippen LogP contribution is -2.27. The molecule has 0 saturated heterocycles. The smallest absolute Gasteiger partial charge is 0.270 e. The molecule has 0 radical (unpaired) electrons. The second-order valence-corrected chi connectivity index (χ2v) is 6.59. The van der Waals surface area contributed by atoms with Crippen LogP contribution in [0, 0.1) is 17.0 Å². The maximum atomic E-state index is 12.2. The lowest BCUT2D eigenvalue weighted by molar-refractivity contribution is -0.384. The van der Waals surface area contributed by atoms with E-state index in [1.807, 2.05) is 31.2 Å². The molecule has 25 heavy (non-hydrogen) atoms. The fourth-order valence-corrected chi connectivity index (χ4v) is 3.27. The van der Waals surface area contributed by atoms with Gasteiger partial charge in [0, 0.05) is 22.2 Å². The molecule has 0 aliphatic heterocycles. The van der Waals surface area contributed by atoms with Crippen molar-refractivity contribution in [1.29, 1.82) is 0 Å². The molecule has 0 unspecified atom stereocenters. The summed E-state index contributed by atoms with van der Waals surface area (Å²) in [7, 11) is 0. The first-order valence-corrected chi connectivity index (χ1v) is 8.50. The van der Waals surface area contributed by atoms with E-state index in [2.05, 4.69) is 5.32 Å². The molecule has 2 aromatic carbocycles. The van der Waals surface area contributed by atoms with Crippen LogP contribution in [0.25, 0.3) is 10.1 Å². The Morgan fingerprint density at radius 1 is 1.20 bits per heavy atom. The second kappa shape index (κ2) is 7.31. The van der Waals surface area contributed by atoms with E-state index < -0.39 is 4.92 Å². The summed E-state index contributed by atoms with van der Waals surface area (Å²) in [6.07, 6.45) is 0. The number of nitro groups is 1. The van der Waals surface area contributed by atoms with Crippen LogP contribution >= 0.6 is 11.3 Å². The predicted molar refractivity (Wildman–Crippen MR) is 97.5 cm³/mol. The van der Waals surface area contributed by atoms with Gasteiger partial charge in [-0.05, 0) is 31.2 Å². The molecule has 0 spiro atoms. The maximum Gasteiger partial charge on any atom is 0.270 e. The van der Waals surface area contributed by atoms with Crippen molar-refractivity contribution in [2.45, 2.75) is 6.92 Å². The summed E-state index contributed by atoms with van der Waals surface area (Å²) in [6.45, 7) is 2.75. The van der Waals surface area contributed by atoms with Crippen molar-refractivity contribution in [3.05, 3.63) is 69.1 Å². The number of nitrogens with one attached hydrogen (secondary N) is 1. The van der Waals surface area contributed by atoms with Gasteiger partial charge in [0.2, 0.25) is 0 Å². The molecule has 1 aromatic heterocycles. The standard InChI is InChI=1S/C18H16N2O4S/c1-12-2-5-15(6-3-12)24-9-8-19-18(21)17-11-13-10-14(20(22)23)4-7-16(13)25-17/h2-7,10-11H,8-9H2,1H3,(H,19,21). The fraction of sp³-hybridized carbons (Fsp3) is 0.167. The minimum atomic E-state index is -0.445. The SMILES string of the molecule is Cc1ccc(OCCNC(=O)c2cc3cc([N+](=O)[O-])ccc3s2)cc1. The maximum absolute atomic E-state index is 12.2. The van der Waals surface area contributed by atoms with E-state index in [1.165, 1.54) is 23.5 Å². The topological polar surface area (TPSA) is 81.5 Å². The molecule has 7 heteroatoms. The lowest BCUT2D eigenvalue weighted by Gasteiger charge is -2.07. The van der Waals surface area contributed by atoms with Crippen molar-refractivity contribution in [2.24, 2.45) is 0 Å². The zero-order chi connectivity index (χ0) is 17.8. The summed E-state index contributed by atoms with van der Waals surface area (Å²) in [5, 5.41) is 14.3. The Bertz CT molecular complexity index is 918. The summed E-state index contributed by atoms with van der Waals surface area (Å²) < 4.78 is 6.40. The van der Waals surface area contributed by atoms with Crippen LogP contribution in [0.3, 0.4) is 0 Å². The number of aryl methyl sites for hydroxylation is 1. The Morgan fingerprint density at radius 3 is 2.68 bits per heavy atom. The van der Waals surface area contributed by atoms with E-state index in [9.17, 15) is 14.9 Å². The Morgan fingerprint density at radius 2 is 1.96 bits per heavy atom. The molecule has 6 nitrogen and oxygen atoms in total. The van der Waals surface area contributed by atoms with Crippen LogP contribution in [0.5, 0.6) is 5.75 Å². The van der Waals surface area contributed by atoms with Crippen LogP contribution in [0.2, 0.25) is 0 Å². The number of carbonyl (C=O) groups excluding carboxylic acids is 1. The van der Waals surface area contributed by atoms with E-state index in [4.69, 9.17) is 4.74 Å². The molecular weight excluding hydrogens is 340 g/mol. The molecule has 0 bridgehead atoms. The van der Waals surface area contributed by atoms with Crippen molar-refractivity contribution >= 4 is 33.0 Å². The van der Waals surface area contributed by atoms with Gasteiger partial charge in [0.1, 0.15) is 12.4 Å². The quantitative estimate of drug-likeness (QED) is 0.412. The third-order valence-electron chi connectivity index (χ3n) is 3.61. The van der Waals surface area contributed by atoms with Crippen molar-refractivity contribution in [2.75, 3.05) is 13.2 Å². The number of carbonyl (C=O) groups is 1. The Hall–Kier alpha value is -2.93. The second-order valence-electron chi connectivity index (χ2n) is 5.51. The number of rotatable bonds is 6. The predicted octanol–water partition coefficient (Wildman–Crippen LogP) is 3.93. The van der Waals surface area contributed by atoms with Crippen LogP contribution in [0.1, 0.15) is 15.2 Å². The van der Waals surface area contributed by atoms with E-state index in [0.717, 1.165) is 16.0 Å². The summed E-state index contributed by atoms with van der Waals surface area (Å²) in [5.41, 5.74) is 1.18. The number of hydrogen-bond donors (Lipinski definition) is 1. The summed E-state index contributed by atoms with van der Waals surface area (Å²) in [6, 6.07) is 13.9. The van der Waals surface area contributed by atoms with Gasteiger partial charge in [0.05, 0.1) is 16.3 Å². The summed E-state index contributed by atoms with van der Waals surface area (Å²) in [5.74, 6) is 0.547. The third-order valence-corrected chi connectivity index (χ3v) is 4.73. The first-order chi connectivity index (χ1) is 12.0. The number of thiophene rings is 1. The van der Waals surface area contributed by atoms with Crippen LogP contribution in [0.4, 0.5) is 5.69 Å². The molecule has 0 atom stereocenters. The Kier molecular flexibility index (Phi) is 4.95. The first kappa shape index (κ1) is 16.9. The molecule has 3 aromatic rings. The van der Waals surface area contributed by atoms with E-state index >= 15 is 0 Å². The largest absolute Gasteiger partial charge is 0.492 e. The average Bonchev–Trinajstić information content (AvgIpc) is 3.03. The number of nitrogens with zero attached hydrogens (tertiary/aromatic N) is 1. The molecule has 1 heterocycles. The van der Waals surface area contributed by atoms with Gasteiger partial charge in [0.15, 0.2) is 0 Å². The van der Waals surface area contributed by atoms with Gasteiger partial charge in [-0.2, -0.15) is 0 Å². The number of non-ortho nitro benzene ring substituents is 1. The van der Waals surface area contributed by atoms with Crippen LogP contribution in [-0.2, 0) is 0 Å². The number of nitro benzene ring substituents is 1. The summed E-state index contributed by atoms with van der Waals surface area (Å²) in [4.78, 5) is 23.1. The fourth-order valence-electron chi connectivity index (χ4n) is 2.31. The molecule has 0 aliphatic rings. The highest BCUT2D eigenvalue weighted by Gasteiger charge is 2.13. The Labute approximate surface area is 148 Å². The van der Waals surface area contributed by atoms with Crippen LogP contribution in [-0.4, -0.2) is 24.0 Å². The highest BCUT2D eigenvalue weighted by molar-refractivity contribution is 7.20. The molecule has 0 fully saturated rings. The number of fused-ring (bicyclic) bond motifs is 1. The highest BCUT2D eigenvalue weighted by Crippen LogP contribution is 2.28. The molecule has 1 N–H and O–H groups in total. The monoisotopic (exact) mass is 356 g/mol. The number of hydrogen-bond acceptors (Lipinski definition) is 5. The first-order valence-electron chi connectivity index (χ1n) is 7.68. The average molecular weight is 356 g/mol. The zero-order valence-electron chi connectivity index (χ0n) is 13.5. The zero-order valence-corrected chi connectivity index (χ0v) is 14.3. The van der Waals surface area contributed by atoms with Gasteiger partial charge in [0.25, 0.3) is 11.6 Å². The molecular formula is C18H16N2O4S. The van der Waals surface area contributed by atoms with Gasteiger partial charge in [-0.3, -0.25) is 14.9 Å². The van der Waals surface area contributed by atoms with Crippen molar-refractivity contribution < 1.29 is 14.5 Å². The number of amides is 1. The molecule has 0 aliphatic carbocycles. The van der Waals surface area contributed by atoms with Gasteiger partial charge < -0.3 is 10.1 Å². The van der Waals surface area contributed by atoms with Crippen LogP contribution < -0.4 is 10.1 Å². The molecule has 0 saturated carbocycles. The van der Waals surface area contributed by atoms with Crippen molar-refractivity contribution in [3.8, 4) is 5.75 Å². The lowest BCUT2D eigenvalue weighted by atomic mass is 10.2. The third kappa shape index (κ3) is 4.13. The van der Waals surface area contributed by atoms with Crippen molar-refractivity contribution in [1.82, 2.24) is 5.32 Å². The van der Waals surface area contributed by atoms with Crippen molar-refractivity contribution in [3.63, 3.8) is 0 Å². The Balaban J connectivity index is 1.56. The highest BCUT2D eigenvalue weighted by atomic mass is 32.1. The van der Waals surface area contributed by atoms with E-state index in [1.54, 1.807) is 12.1 Å². The minimum Gasteiger partial charge on any atom is -0.492 e. The normalized spacial score (nSPS) is 10.6. The molecule has 3 rings (SSSR count).